The van der Waals surface area contributed by atoms with E-state index >= 15 is 0 Å². The summed E-state index contributed by atoms with van der Waals surface area (Å²) in [6.07, 6.45) is 0.545. The molecule has 0 fully saturated rings. The molecule has 1 unspecified atom stereocenters. The number of aryl methyl sites for hydroxylation is 1. The molecular formula is C14H22N2O. The molecule has 1 aromatic carbocycles. The molecule has 1 N–H and O–H groups in total. The number of hydrogen-bond acceptors (Lipinski definition) is 2. The molecular weight excluding hydrogens is 212 g/mol. The first-order valence-electron chi connectivity index (χ1n) is 6.01. The maximum absolute atomic E-state index is 11.4. The van der Waals surface area contributed by atoms with Crippen LogP contribution in [-0.4, -0.2) is 31.4 Å². The molecule has 3 heteroatoms. The van der Waals surface area contributed by atoms with Crippen molar-refractivity contribution < 1.29 is 4.79 Å². The fourth-order valence-corrected chi connectivity index (χ4v) is 1.68. The number of carbonyl (C=O) groups excluding carboxylic acids is 1. The zero-order valence-electron chi connectivity index (χ0n) is 11.2. The third kappa shape index (κ3) is 4.57. The van der Waals surface area contributed by atoms with Crippen LogP contribution in [0.1, 0.15) is 30.5 Å². The van der Waals surface area contributed by atoms with Crippen molar-refractivity contribution in [3.8, 4) is 0 Å². The van der Waals surface area contributed by atoms with Crippen LogP contribution in [0.4, 0.5) is 0 Å². The Morgan fingerprint density at radius 3 is 2.71 bits per heavy atom. The number of rotatable bonds is 5. The van der Waals surface area contributed by atoms with Crippen LogP contribution < -0.4 is 5.32 Å². The van der Waals surface area contributed by atoms with E-state index in [0.29, 0.717) is 13.0 Å². The summed E-state index contributed by atoms with van der Waals surface area (Å²) < 4.78 is 0. The van der Waals surface area contributed by atoms with Gasteiger partial charge in [0.25, 0.3) is 0 Å². The van der Waals surface area contributed by atoms with Crippen LogP contribution in [0.15, 0.2) is 24.3 Å². The van der Waals surface area contributed by atoms with Crippen LogP contribution in [0.3, 0.4) is 0 Å². The van der Waals surface area contributed by atoms with Gasteiger partial charge in [0.1, 0.15) is 0 Å². The summed E-state index contributed by atoms with van der Waals surface area (Å²) in [4.78, 5) is 13.0. The van der Waals surface area contributed by atoms with Crippen LogP contribution in [0, 0.1) is 6.92 Å². The van der Waals surface area contributed by atoms with Gasteiger partial charge >= 0.3 is 0 Å². The topological polar surface area (TPSA) is 32.3 Å². The van der Waals surface area contributed by atoms with Crippen LogP contribution in [0.25, 0.3) is 0 Å². The van der Waals surface area contributed by atoms with E-state index in [1.807, 2.05) is 0 Å². The summed E-state index contributed by atoms with van der Waals surface area (Å²) in [5, 5.41) is 3.36. The van der Waals surface area contributed by atoms with E-state index in [0.717, 1.165) is 0 Å². The molecule has 1 atom stereocenters. The van der Waals surface area contributed by atoms with Crippen molar-refractivity contribution in [1.82, 2.24) is 10.2 Å². The van der Waals surface area contributed by atoms with Gasteiger partial charge in [-0.1, -0.05) is 29.8 Å². The molecule has 0 radical (unpaired) electrons. The minimum Gasteiger partial charge on any atom is -0.349 e. The molecule has 0 aliphatic rings. The lowest BCUT2D eigenvalue weighted by molar-refractivity contribution is -0.128. The summed E-state index contributed by atoms with van der Waals surface area (Å²) in [6, 6.07) is 8.72. The average molecular weight is 234 g/mol. The highest BCUT2D eigenvalue weighted by atomic mass is 16.2. The van der Waals surface area contributed by atoms with Gasteiger partial charge in [-0.3, -0.25) is 4.79 Å². The Bertz CT molecular complexity index is 374. The Morgan fingerprint density at radius 2 is 2.12 bits per heavy atom. The highest BCUT2D eigenvalue weighted by Crippen LogP contribution is 2.13. The van der Waals surface area contributed by atoms with Gasteiger partial charge in [0.15, 0.2) is 0 Å². The molecule has 3 nitrogen and oxygen atoms in total. The van der Waals surface area contributed by atoms with E-state index in [1.54, 1.807) is 19.0 Å². The number of benzene rings is 1. The number of nitrogens with one attached hydrogen (secondary N) is 1. The fourth-order valence-electron chi connectivity index (χ4n) is 1.68. The summed E-state index contributed by atoms with van der Waals surface area (Å²) in [5.74, 6) is 0.161. The van der Waals surface area contributed by atoms with E-state index < -0.39 is 0 Å². The van der Waals surface area contributed by atoms with Crippen molar-refractivity contribution in [2.24, 2.45) is 0 Å². The third-order valence-electron chi connectivity index (χ3n) is 2.83. The number of amides is 1. The lowest BCUT2D eigenvalue weighted by Crippen LogP contribution is -2.28. The molecule has 1 aromatic rings. The van der Waals surface area contributed by atoms with Crippen molar-refractivity contribution >= 4 is 5.91 Å². The minimum atomic E-state index is 0.161. The van der Waals surface area contributed by atoms with Gasteiger partial charge in [-0.05, 0) is 19.4 Å². The van der Waals surface area contributed by atoms with Crippen molar-refractivity contribution in [3.63, 3.8) is 0 Å². The molecule has 0 spiro atoms. The molecule has 0 aromatic heterocycles. The molecule has 94 valence electrons. The zero-order valence-corrected chi connectivity index (χ0v) is 11.2. The lowest BCUT2D eigenvalue weighted by Gasteiger charge is -2.16. The normalized spacial score (nSPS) is 12.2. The zero-order chi connectivity index (χ0) is 12.8. The fraction of sp³-hybridized carbons (Fsp3) is 0.500. The van der Waals surface area contributed by atoms with Gasteiger partial charge in [0.2, 0.25) is 5.91 Å². The monoisotopic (exact) mass is 234 g/mol. The summed E-state index contributed by atoms with van der Waals surface area (Å²) in [5.41, 5.74) is 2.53. The lowest BCUT2D eigenvalue weighted by atomic mass is 10.1. The predicted octanol–water partition coefficient (Wildman–Crippen LogP) is 2.12. The van der Waals surface area contributed by atoms with Gasteiger partial charge in [0.05, 0.1) is 0 Å². The Hall–Kier alpha value is -1.35. The van der Waals surface area contributed by atoms with Gasteiger partial charge in [-0.15, -0.1) is 0 Å². The molecule has 0 saturated heterocycles. The molecule has 1 amide bonds. The molecule has 17 heavy (non-hydrogen) atoms. The molecule has 0 bridgehead atoms. The summed E-state index contributed by atoms with van der Waals surface area (Å²) >= 11 is 0. The Kier molecular flexibility index (Phi) is 5.16. The third-order valence-corrected chi connectivity index (χ3v) is 2.83. The number of nitrogens with zero attached hydrogens (tertiary/aromatic N) is 1. The molecule has 0 saturated carbocycles. The molecule has 0 aliphatic heterocycles. The van der Waals surface area contributed by atoms with Crippen LogP contribution in [0.5, 0.6) is 0 Å². The minimum absolute atomic E-state index is 0.161. The Balaban J connectivity index is 2.40. The van der Waals surface area contributed by atoms with Crippen LogP contribution >= 0.6 is 0 Å². The van der Waals surface area contributed by atoms with E-state index in [1.165, 1.54) is 11.1 Å². The van der Waals surface area contributed by atoms with E-state index in [-0.39, 0.29) is 11.9 Å². The van der Waals surface area contributed by atoms with Crippen molar-refractivity contribution in [2.45, 2.75) is 26.3 Å². The predicted molar refractivity (Wildman–Crippen MR) is 70.9 cm³/mol. The van der Waals surface area contributed by atoms with Gasteiger partial charge < -0.3 is 10.2 Å². The largest absolute Gasteiger partial charge is 0.349 e. The van der Waals surface area contributed by atoms with E-state index in [2.05, 4.69) is 43.4 Å². The highest BCUT2D eigenvalue weighted by molar-refractivity contribution is 5.75. The first-order chi connectivity index (χ1) is 8.00. The molecule has 0 heterocycles. The van der Waals surface area contributed by atoms with Crippen LogP contribution in [0.2, 0.25) is 0 Å². The second-order valence-corrected chi connectivity index (χ2v) is 4.63. The number of carbonyl (C=O) groups is 1. The maximum atomic E-state index is 11.4. The van der Waals surface area contributed by atoms with E-state index in [9.17, 15) is 4.79 Å². The average Bonchev–Trinajstić information content (AvgIpc) is 2.28. The van der Waals surface area contributed by atoms with Crippen molar-refractivity contribution in [3.05, 3.63) is 35.4 Å². The molecule has 0 aliphatic carbocycles. The second-order valence-electron chi connectivity index (χ2n) is 4.63. The molecule has 1 rings (SSSR count). The second kappa shape index (κ2) is 6.40. The summed E-state index contributed by atoms with van der Waals surface area (Å²) in [7, 11) is 3.57. The Morgan fingerprint density at radius 1 is 1.41 bits per heavy atom. The maximum Gasteiger partial charge on any atom is 0.223 e. The van der Waals surface area contributed by atoms with Crippen LogP contribution in [-0.2, 0) is 4.79 Å². The standard InChI is InChI=1S/C14H22N2O/c1-11-6-5-7-13(10-11)12(2)15-9-8-14(17)16(3)4/h5-7,10,12,15H,8-9H2,1-4H3. The first kappa shape index (κ1) is 13.7. The summed E-state index contributed by atoms with van der Waals surface area (Å²) in [6.45, 7) is 4.92. The highest BCUT2D eigenvalue weighted by Gasteiger charge is 2.07. The quantitative estimate of drug-likeness (QED) is 0.846. The van der Waals surface area contributed by atoms with E-state index in [4.69, 9.17) is 0 Å². The Labute approximate surface area is 104 Å². The van der Waals surface area contributed by atoms with Crippen molar-refractivity contribution in [1.29, 1.82) is 0 Å². The van der Waals surface area contributed by atoms with Gasteiger partial charge in [-0.25, -0.2) is 0 Å². The first-order valence-corrected chi connectivity index (χ1v) is 6.01. The van der Waals surface area contributed by atoms with Gasteiger partial charge in [-0.2, -0.15) is 0 Å². The SMILES string of the molecule is Cc1cccc(C(C)NCCC(=O)N(C)C)c1. The number of hydrogen-bond donors (Lipinski definition) is 1. The smallest absolute Gasteiger partial charge is 0.223 e. The van der Waals surface area contributed by atoms with Crippen molar-refractivity contribution in [2.75, 3.05) is 20.6 Å². The van der Waals surface area contributed by atoms with Gasteiger partial charge in [0, 0.05) is 33.1 Å².